The predicted octanol–water partition coefficient (Wildman–Crippen LogP) is 3.11. The summed E-state index contributed by atoms with van der Waals surface area (Å²) in [5, 5.41) is 1.29. The molecule has 2 rings (SSSR count). The van der Waals surface area contributed by atoms with E-state index in [-0.39, 0.29) is 12.4 Å². The Hall–Kier alpha value is -2.01. The van der Waals surface area contributed by atoms with Gasteiger partial charge in [0.15, 0.2) is 6.61 Å². The third-order valence-electron chi connectivity index (χ3n) is 2.71. The highest BCUT2D eigenvalue weighted by molar-refractivity contribution is 6.31. The maximum Gasteiger partial charge on any atom is 0.375 e. The lowest BCUT2D eigenvalue weighted by Crippen LogP contribution is -2.16. The molecule has 1 heterocycles. The van der Waals surface area contributed by atoms with Crippen LogP contribution < -0.4 is 0 Å². The molecule has 6 heteroatoms. The van der Waals surface area contributed by atoms with Crippen molar-refractivity contribution in [1.29, 1.82) is 0 Å². The summed E-state index contributed by atoms with van der Waals surface area (Å²) in [6, 6.07) is 5.05. The van der Waals surface area contributed by atoms with E-state index in [1.165, 1.54) is 0 Å². The number of rotatable bonds is 4. The molecule has 106 valence electrons. The van der Waals surface area contributed by atoms with Crippen molar-refractivity contribution < 1.29 is 23.5 Å². The molecule has 0 saturated heterocycles. The van der Waals surface area contributed by atoms with Crippen LogP contribution in [0.15, 0.2) is 22.6 Å². The number of ether oxygens (including phenoxy) is 2. The lowest BCUT2D eigenvalue weighted by atomic mass is 10.1. The molecule has 1 aromatic carbocycles. The van der Waals surface area contributed by atoms with Gasteiger partial charge in [-0.15, -0.1) is 0 Å². The number of halogens is 1. The highest BCUT2D eigenvalue weighted by Crippen LogP contribution is 2.28. The molecule has 0 aliphatic heterocycles. The van der Waals surface area contributed by atoms with Gasteiger partial charge in [-0.2, -0.15) is 0 Å². The molecule has 0 aliphatic rings. The molecule has 0 amide bonds. The first-order valence-corrected chi connectivity index (χ1v) is 6.42. The second-order valence-electron chi connectivity index (χ2n) is 4.08. The zero-order chi connectivity index (χ0) is 14.7. The Morgan fingerprint density at radius 3 is 2.75 bits per heavy atom. The van der Waals surface area contributed by atoms with Gasteiger partial charge in [-0.25, -0.2) is 9.59 Å². The molecular weight excluding hydrogens is 284 g/mol. The second kappa shape index (κ2) is 5.96. The largest absolute Gasteiger partial charge is 0.463 e. The Morgan fingerprint density at radius 2 is 2.05 bits per heavy atom. The van der Waals surface area contributed by atoms with Crippen molar-refractivity contribution in [1.82, 2.24) is 0 Å². The fourth-order valence-electron chi connectivity index (χ4n) is 1.78. The van der Waals surface area contributed by atoms with Gasteiger partial charge in [0.25, 0.3) is 0 Å². The van der Waals surface area contributed by atoms with E-state index >= 15 is 0 Å². The number of furan rings is 1. The average molecular weight is 297 g/mol. The minimum atomic E-state index is -0.706. The normalized spacial score (nSPS) is 10.6. The molecule has 0 fully saturated rings. The minimum Gasteiger partial charge on any atom is -0.463 e. The maximum atomic E-state index is 11.9. The smallest absolute Gasteiger partial charge is 0.375 e. The second-order valence-corrected chi connectivity index (χ2v) is 4.51. The first-order chi connectivity index (χ1) is 9.52. The van der Waals surface area contributed by atoms with Crippen molar-refractivity contribution in [2.24, 2.45) is 0 Å². The van der Waals surface area contributed by atoms with Crippen LogP contribution in [0.3, 0.4) is 0 Å². The van der Waals surface area contributed by atoms with Crippen molar-refractivity contribution in [3.63, 3.8) is 0 Å². The molecule has 1 aromatic heterocycles. The third-order valence-corrected chi connectivity index (χ3v) is 2.95. The van der Waals surface area contributed by atoms with E-state index in [9.17, 15) is 9.59 Å². The number of benzene rings is 1. The lowest BCUT2D eigenvalue weighted by molar-refractivity contribution is -0.146. The van der Waals surface area contributed by atoms with Gasteiger partial charge in [-0.1, -0.05) is 11.6 Å². The average Bonchev–Trinajstić information content (AvgIpc) is 2.74. The molecule has 5 nitrogen and oxygen atoms in total. The van der Waals surface area contributed by atoms with E-state index in [0.717, 1.165) is 5.39 Å². The van der Waals surface area contributed by atoms with Gasteiger partial charge in [0.2, 0.25) is 5.76 Å². The number of hydrogen-bond donors (Lipinski definition) is 0. The van der Waals surface area contributed by atoms with Gasteiger partial charge < -0.3 is 13.9 Å². The van der Waals surface area contributed by atoms with Gasteiger partial charge in [0, 0.05) is 16.0 Å². The third kappa shape index (κ3) is 2.93. The number of hydrogen-bond acceptors (Lipinski definition) is 5. The zero-order valence-corrected chi connectivity index (χ0v) is 11.8. The molecule has 0 aliphatic carbocycles. The lowest BCUT2D eigenvalue weighted by Gasteiger charge is -2.03. The molecule has 0 saturated carbocycles. The van der Waals surface area contributed by atoms with Crippen molar-refractivity contribution in [3.05, 3.63) is 34.5 Å². The Labute approximate surface area is 120 Å². The fourth-order valence-corrected chi connectivity index (χ4v) is 1.95. The highest BCUT2D eigenvalue weighted by Gasteiger charge is 2.20. The summed E-state index contributed by atoms with van der Waals surface area (Å²) in [4.78, 5) is 23.0. The standard InChI is InChI=1S/C14H13ClO5/c1-3-18-12(16)7-19-14(17)13-8(2)10-6-9(15)4-5-11(10)20-13/h4-6H,3,7H2,1-2H3. The van der Waals surface area contributed by atoms with Crippen LogP contribution in [-0.4, -0.2) is 25.2 Å². The molecule has 0 radical (unpaired) electrons. The Balaban J connectivity index is 2.18. The van der Waals surface area contributed by atoms with Gasteiger partial charge in [0.05, 0.1) is 6.61 Å². The molecule has 2 aromatic rings. The summed E-state index contributed by atoms with van der Waals surface area (Å²) < 4.78 is 14.9. The quantitative estimate of drug-likeness (QED) is 0.811. The van der Waals surface area contributed by atoms with Gasteiger partial charge >= 0.3 is 11.9 Å². The number of carbonyl (C=O) groups excluding carboxylic acids is 2. The topological polar surface area (TPSA) is 65.7 Å². The van der Waals surface area contributed by atoms with Crippen LogP contribution in [0.1, 0.15) is 23.0 Å². The Kier molecular flexibility index (Phi) is 4.29. The van der Waals surface area contributed by atoms with E-state index in [4.69, 9.17) is 20.8 Å². The first kappa shape index (κ1) is 14.4. The van der Waals surface area contributed by atoms with E-state index in [0.29, 0.717) is 16.2 Å². The predicted molar refractivity (Wildman–Crippen MR) is 72.9 cm³/mol. The number of fused-ring (bicyclic) bond motifs is 1. The summed E-state index contributed by atoms with van der Waals surface area (Å²) in [5.74, 6) is -1.24. The first-order valence-electron chi connectivity index (χ1n) is 6.04. The van der Waals surface area contributed by atoms with E-state index in [1.807, 2.05) is 0 Å². The summed E-state index contributed by atoms with van der Waals surface area (Å²) in [7, 11) is 0. The summed E-state index contributed by atoms with van der Waals surface area (Å²) in [5.41, 5.74) is 1.16. The molecule has 0 spiro atoms. The van der Waals surface area contributed by atoms with Crippen molar-refractivity contribution >= 4 is 34.5 Å². The summed E-state index contributed by atoms with van der Waals surface area (Å²) in [6.45, 7) is 3.19. The minimum absolute atomic E-state index is 0.0616. The van der Waals surface area contributed by atoms with Crippen LogP contribution in [0, 0.1) is 6.92 Å². The van der Waals surface area contributed by atoms with E-state index < -0.39 is 18.5 Å². The molecule has 0 N–H and O–H groups in total. The van der Waals surface area contributed by atoms with Crippen molar-refractivity contribution in [2.45, 2.75) is 13.8 Å². The van der Waals surface area contributed by atoms with Gasteiger partial charge in [-0.3, -0.25) is 0 Å². The number of aryl methyl sites for hydroxylation is 1. The highest BCUT2D eigenvalue weighted by atomic mass is 35.5. The van der Waals surface area contributed by atoms with Crippen molar-refractivity contribution in [3.8, 4) is 0 Å². The van der Waals surface area contributed by atoms with E-state index in [1.54, 1.807) is 32.0 Å². The molecule has 0 bridgehead atoms. The van der Waals surface area contributed by atoms with Crippen LogP contribution >= 0.6 is 11.6 Å². The number of esters is 2. The van der Waals surface area contributed by atoms with E-state index in [2.05, 4.69) is 4.74 Å². The Morgan fingerprint density at radius 1 is 1.30 bits per heavy atom. The van der Waals surface area contributed by atoms with Crippen LogP contribution in [0.4, 0.5) is 0 Å². The van der Waals surface area contributed by atoms with Crippen LogP contribution in [0.25, 0.3) is 11.0 Å². The molecule has 0 atom stereocenters. The SMILES string of the molecule is CCOC(=O)COC(=O)c1oc2ccc(Cl)cc2c1C. The van der Waals surface area contributed by atoms with Crippen LogP contribution in [0.2, 0.25) is 5.02 Å². The molecular formula is C14H13ClO5. The van der Waals surface area contributed by atoms with Gasteiger partial charge in [0.1, 0.15) is 5.58 Å². The summed E-state index contributed by atoms with van der Waals surface area (Å²) >= 11 is 5.90. The molecule has 20 heavy (non-hydrogen) atoms. The zero-order valence-electron chi connectivity index (χ0n) is 11.1. The van der Waals surface area contributed by atoms with Gasteiger partial charge in [-0.05, 0) is 32.0 Å². The Bertz CT molecular complexity index is 659. The summed E-state index contributed by atoms with van der Waals surface area (Å²) in [6.07, 6.45) is 0. The maximum absolute atomic E-state index is 11.9. The van der Waals surface area contributed by atoms with Crippen LogP contribution in [0.5, 0.6) is 0 Å². The number of carbonyl (C=O) groups is 2. The fraction of sp³-hybridized carbons (Fsp3) is 0.286. The molecule has 0 unspecified atom stereocenters. The van der Waals surface area contributed by atoms with Crippen LogP contribution in [-0.2, 0) is 14.3 Å². The van der Waals surface area contributed by atoms with Crippen molar-refractivity contribution in [2.75, 3.05) is 13.2 Å². The monoisotopic (exact) mass is 296 g/mol.